The van der Waals surface area contributed by atoms with E-state index >= 15 is 0 Å². The largest absolute Gasteiger partial charge is 0.512 e. The van der Waals surface area contributed by atoms with Crippen LogP contribution >= 0.6 is 11.6 Å². The molecule has 5 nitrogen and oxygen atoms in total. The maximum absolute atomic E-state index is 13.2. The Morgan fingerprint density at radius 1 is 0.967 bits per heavy atom. The van der Waals surface area contributed by atoms with E-state index in [0.29, 0.717) is 12.1 Å². The van der Waals surface area contributed by atoms with E-state index in [-0.39, 0.29) is 22.5 Å². The highest BCUT2D eigenvalue weighted by Gasteiger charge is 2.37. The van der Waals surface area contributed by atoms with Crippen molar-refractivity contribution in [2.45, 2.75) is 12.4 Å². The highest BCUT2D eigenvalue weighted by Crippen LogP contribution is 2.39. The van der Waals surface area contributed by atoms with Gasteiger partial charge in [0.25, 0.3) is 0 Å². The predicted molar refractivity (Wildman–Crippen MR) is 92.7 cm³/mol. The van der Waals surface area contributed by atoms with Gasteiger partial charge in [0.1, 0.15) is 0 Å². The molecule has 1 aromatic heterocycles. The summed E-state index contributed by atoms with van der Waals surface area (Å²) in [5, 5.41) is 12.8. The number of alkyl halides is 6. The first-order valence-corrected chi connectivity index (χ1v) is 8.29. The number of halogens is 7. The monoisotopic (exact) mass is 450 g/mol. The van der Waals surface area contributed by atoms with E-state index in [4.69, 9.17) is 16.7 Å². The Morgan fingerprint density at radius 2 is 1.57 bits per heavy atom. The van der Waals surface area contributed by atoms with Gasteiger partial charge in [0.2, 0.25) is 5.88 Å². The Bertz CT molecular complexity index is 1080. The Hall–Kier alpha value is -3.21. The fourth-order valence-electron chi connectivity index (χ4n) is 2.61. The van der Waals surface area contributed by atoms with Crippen LogP contribution in [0, 0.1) is 0 Å². The molecule has 0 aliphatic carbocycles. The van der Waals surface area contributed by atoms with Gasteiger partial charge in [0.15, 0.2) is 0 Å². The van der Waals surface area contributed by atoms with Crippen molar-refractivity contribution in [3.8, 4) is 22.8 Å². The van der Waals surface area contributed by atoms with Gasteiger partial charge in [-0.1, -0.05) is 17.7 Å². The molecule has 0 fully saturated rings. The molecule has 1 heterocycles. The summed E-state index contributed by atoms with van der Waals surface area (Å²) in [5.41, 5.74) is -3.70. The maximum atomic E-state index is 13.2. The van der Waals surface area contributed by atoms with Crippen molar-refractivity contribution in [1.29, 1.82) is 0 Å². The van der Waals surface area contributed by atoms with Crippen LogP contribution in [0.1, 0.15) is 11.1 Å². The number of rotatable bonds is 3. The lowest BCUT2D eigenvalue weighted by Gasteiger charge is -2.15. The second-order valence-corrected chi connectivity index (χ2v) is 6.36. The molecule has 0 aliphatic heterocycles. The van der Waals surface area contributed by atoms with E-state index in [9.17, 15) is 31.1 Å². The Labute approximate surface area is 169 Å². The van der Waals surface area contributed by atoms with Crippen LogP contribution in [0.15, 0.2) is 48.5 Å². The molecule has 0 saturated heterocycles. The first kappa shape index (κ1) is 21.5. The minimum Gasteiger partial charge on any atom is -0.449 e. The second-order valence-electron chi connectivity index (χ2n) is 5.92. The van der Waals surface area contributed by atoms with Gasteiger partial charge in [-0.15, -0.1) is 5.10 Å². The van der Waals surface area contributed by atoms with E-state index in [1.807, 2.05) is 0 Å². The Balaban J connectivity index is 2.28. The van der Waals surface area contributed by atoms with Crippen LogP contribution in [0.2, 0.25) is 5.02 Å². The molecular weight excluding hydrogens is 442 g/mol. The van der Waals surface area contributed by atoms with Crippen LogP contribution in [0.5, 0.6) is 5.88 Å². The molecule has 0 unspecified atom stereocenters. The van der Waals surface area contributed by atoms with Gasteiger partial charge in [-0.25, -0.2) is 9.48 Å². The minimum atomic E-state index is -5.06. The number of hydrogen-bond donors (Lipinski definition) is 1. The topological polar surface area (TPSA) is 64.3 Å². The van der Waals surface area contributed by atoms with Crippen molar-refractivity contribution >= 4 is 17.8 Å². The molecule has 3 aromatic rings. The molecule has 1 N–H and O–H groups in total. The Kier molecular flexibility index (Phi) is 5.42. The summed E-state index contributed by atoms with van der Waals surface area (Å²) in [6.07, 6.45) is -11.9. The molecule has 2 aromatic carbocycles. The highest BCUT2D eigenvalue weighted by atomic mass is 35.5. The van der Waals surface area contributed by atoms with Gasteiger partial charge in [0, 0.05) is 16.7 Å². The molecule has 0 aliphatic rings. The van der Waals surface area contributed by atoms with Crippen molar-refractivity contribution in [1.82, 2.24) is 9.78 Å². The lowest BCUT2D eigenvalue weighted by Crippen LogP contribution is -2.11. The van der Waals surface area contributed by atoms with Crippen LogP contribution in [0.4, 0.5) is 31.1 Å². The van der Waals surface area contributed by atoms with Crippen LogP contribution in [-0.2, 0) is 12.4 Å². The summed E-state index contributed by atoms with van der Waals surface area (Å²) in [6, 6.07) is 7.59. The zero-order chi connectivity index (χ0) is 22.3. The third kappa shape index (κ3) is 4.67. The van der Waals surface area contributed by atoms with Crippen molar-refractivity contribution < 1.29 is 41.0 Å². The minimum absolute atomic E-state index is 0.0156. The first-order chi connectivity index (χ1) is 13.8. The SMILES string of the molecule is O=C(O)Oc1cc(-c2cc(C(F)(F)F)cc(C(F)(F)F)c2)n(-c2cccc(Cl)c2)n1. The average Bonchev–Trinajstić information content (AvgIpc) is 3.03. The molecule has 3 rings (SSSR count). The summed E-state index contributed by atoms with van der Waals surface area (Å²) < 4.78 is 84.5. The van der Waals surface area contributed by atoms with E-state index in [1.165, 1.54) is 24.3 Å². The lowest BCUT2D eigenvalue weighted by atomic mass is 10.0. The zero-order valence-corrected chi connectivity index (χ0v) is 15.2. The zero-order valence-electron chi connectivity index (χ0n) is 14.4. The predicted octanol–water partition coefficient (Wildman–Crippen LogP) is 6.29. The average molecular weight is 451 g/mol. The normalized spacial score (nSPS) is 12.1. The molecular formula is C18H9ClF6N2O3. The van der Waals surface area contributed by atoms with Gasteiger partial charge in [-0.3, -0.25) is 0 Å². The third-order valence-corrected chi connectivity index (χ3v) is 4.05. The molecule has 158 valence electrons. The van der Waals surface area contributed by atoms with E-state index in [0.717, 1.165) is 10.7 Å². The highest BCUT2D eigenvalue weighted by molar-refractivity contribution is 6.30. The molecule has 0 amide bonds. The van der Waals surface area contributed by atoms with Crippen LogP contribution in [0.3, 0.4) is 0 Å². The smallest absolute Gasteiger partial charge is 0.449 e. The maximum Gasteiger partial charge on any atom is 0.512 e. The van der Waals surface area contributed by atoms with Gasteiger partial charge < -0.3 is 9.84 Å². The molecule has 0 radical (unpaired) electrons. The lowest BCUT2D eigenvalue weighted by molar-refractivity contribution is -0.143. The summed E-state index contributed by atoms with van der Waals surface area (Å²) in [5.74, 6) is -0.552. The third-order valence-electron chi connectivity index (χ3n) is 3.82. The number of benzene rings is 2. The molecule has 0 atom stereocenters. The number of nitrogens with zero attached hydrogens (tertiary/aromatic N) is 2. The van der Waals surface area contributed by atoms with Crippen LogP contribution in [0.25, 0.3) is 16.9 Å². The number of ether oxygens (including phenoxy) is 1. The second kappa shape index (κ2) is 7.56. The van der Waals surface area contributed by atoms with Gasteiger partial charge in [-0.05, 0) is 36.4 Å². The molecule has 30 heavy (non-hydrogen) atoms. The van der Waals surface area contributed by atoms with E-state index in [2.05, 4.69) is 9.84 Å². The van der Waals surface area contributed by atoms with Crippen molar-refractivity contribution in [2.24, 2.45) is 0 Å². The summed E-state index contributed by atoms with van der Waals surface area (Å²) >= 11 is 5.89. The van der Waals surface area contributed by atoms with Crippen molar-refractivity contribution in [2.75, 3.05) is 0 Å². The molecule has 12 heteroatoms. The van der Waals surface area contributed by atoms with E-state index < -0.39 is 41.1 Å². The fourth-order valence-corrected chi connectivity index (χ4v) is 2.80. The molecule has 0 saturated carbocycles. The van der Waals surface area contributed by atoms with Crippen LogP contribution in [-0.4, -0.2) is 21.0 Å². The number of carbonyl (C=O) groups is 1. The Morgan fingerprint density at radius 3 is 2.07 bits per heavy atom. The molecule has 0 bridgehead atoms. The van der Waals surface area contributed by atoms with Gasteiger partial charge >= 0.3 is 18.5 Å². The molecule has 0 spiro atoms. The number of aromatic nitrogens is 2. The fraction of sp³-hybridized carbons (Fsp3) is 0.111. The van der Waals surface area contributed by atoms with Crippen LogP contribution < -0.4 is 4.74 Å². The summed E-state index contributed by atoms with van der Waals surface area (Å²) in [4.78, 5) is 10.8. The number of carboxylic acid groups (broad SMARTS) is 1. The standard InChI is InChI=1S/C18H9ClF6N2O3/c19-12-2-1-3-13(7-12)27-14(8-15(26-27)30-16(28)29)9-4-10(17(20,21)22)6-11(5-9)18(23,24)25/h1-8H,(H,28,29). The van der Waals surface area contributed by atoms with Crippen molar-refractivity contribution in [3.05, 3.63) is 64.7 Å². The summed E-state index contributed by atoms with van der Waals surface area (Å²) in [7, 11) is 0. The number of hydrogen-bond acceptors (Lipinski definition) is 3. The van der Waals surface area contributed by atoms with Gasteiger partial charge in [0.05, 0.1) is 22.5 Å². The first-order valence-electron chi connectivity index (χ1n) is 7.91. The van der Waals surface area contributed by atoms with E-state index in [1.54, 1.807) is 0 Å². The van der Waals surface area contributed by atoms with Gasteiger partial charge in [-0.2, -0.15) is 26.3 Å². The summed E-state index contributed by atoms with van der Waals surface area (Å²) in [6.45, 7) is 0. The quantitative estimate of drug-likeness (QED) is 0.376. The van der Waals surface area contributed by atoms with Crippen molar-refractivity contribution in [3.63, 3.8) is 0 Å².